The number of piperazine rings is 1. The molecule has 0 radical (unpaired) electrons. The fourth-order valence-corrected chi connectivity index (χ4v) is 4.81. The van der Waals surface area contributed by atoms with E-state index in [1.807, 2.05) is 37.8 Å². The van der Waals surface area contributed by atoms with Gasteiger partial charge in [-0.2, -0.15) is 0 Å². The molecule has 37 heavy (non-hydrogen) atoms. The second-order valence-electron chi connectivity index (χ2n) is 10.6. The number of carbonyl (C=O) groups is 1. The summed E-state index contributed by atoms with van der Waals surface area (Å²) in [7, 11) is 0. The van der Waals surface area contributed by atoms with Crippen molar-refractivity contribution in [3.8, 4) is 0 Å². The third-order valence-corrected chi connectivity index (χ3v) is 6.91. The maximum absolute atomic E-state index is 14.4. The van der Waals surface area contributed by atoms with Crippen LogP contribution in [-0.2, 0) is 4.79 Å². The lowest BCUT2D eigenvalue weighted by atomic mass is 9.94. The van der Waals surface area contributed by atoms with E-state index in [-0.39, 0.29) is 17.8 Å². The van der Waals surface area contributed by atoms with Crippen LogP contribution in [0.5, 0.6) is 0 Å². The second-order valence-corrected chi connectivity index (χ2v) is 10.6. The van der Waals surface area contributed by atoms with E-state index in [1.54, 1.807) is 19.2 Å². The van der Waals surface area contributed by atoms with Crippen molar-refractivity contribution in [1.29, 1.82) is 0 Å². The largest absolute Gasteiger partial charge is 0.361 e. The maximum atomic E-state index is 14.4. The van der Waals surface area contributed by atoms with E-state index in [2.05, 4.69) is 38.2 Å². The molecule has 1 fully saturated rings. The Morgan fingerprint density at radius 1 is 1.05 bits per heavy atom. The van der Waals surface area contributed by atoms with Gasteiger partial charge in [0, 0.05) is 54.3 Å². The second kappa shape index (κ2) is 9.53. The predicted octanol–water partition coefficient (Wildman–Crippen LogP) is 4.89. The smallest absolute Gasteiger partial charge is 0.228 e. The van der Waals surface area contributed by atoms with Crippen LogP contribution in [0.1, 0.15) is 44.9 Å². The van der Waals surface area contributed by atoms with Crippen LogP contribution in [0.3, 0.4) is 0 Å². The van der Waals surface area contributed by atoms with E-state index in [0.717, 1.165) is 22.3 Å². The molecule has 8 nitrogen and oxygen atoms in total. The van der Waals surface area contributed by atoms with Crippen molar-refractivity contribution in [2.45, 2.75) is 40.7 Å². The van der Waals surface area contributed by atoms with E-state index < -0.39 is 5.41 Å². The fraction of sp³-hybridized carbons (Fsp3) is 0.393. The van der Waals surface area contributed by atoms with Crippen LogP contribution >= 0.6 is 0 Å². The Bertz CT molecular complexity index is 1470. The molecule has 0 bridgehead atoms. The highest BCUT2D eigenvalue weighted by Crippen LogP contribution is 2.33. The van der Waals surface area contributed by atoms with E-state index in [1.165, 1.54) is 12.4 Å². The molecule has 5 rings (SSSR count). The summed E-state index contributed by atoms with van der Waals surface area (Å²) in [5, 5.41) is 4.37. The van der Waals surface area contributed by atoms with Gasteiger partial charge in [-0.1, -0.05) is 20.8 Å². The third kappa shape index (κ3) is 4.77. The molecule has 4 aromatic rings. The summed E-state index contributed by atoms with van der Waals surface area (Å²) in [5.41, 5.74) is 3.17. The molecule has 1 atom stereocenters. The van der Waals surface area contributed by atoms with E-state index in [4.69, 9.17) is 4.98 Å². The SMILES string of the molecule is Cc1c(F)ccc2cc([C@H](C)Nc3ncnc4cccnc34)c(N3CCN(C(=O)C(C)(C)C)CC3)nc12. The van der Waals surface area contributed by atoms with Crippen molar-refractivity contribution in [3.05, 3.63) is 59.8 Å². The lowest BCUT2D eigenvalue weighted by Crippen LogP contribution is -2.52. The first-order valence-electron chi connectivity index (χ1n) is 12.6. The first-order chi connectivity index (χ1) is 17.6. The highest BCUT2D eigenvalue weighted by atomic mass is 19.1. The Balaban J connectivity index is 1.52. The number of nitrogens with zero attached hydrogens (tertiary/aromatic N) is 6. The zero-order chi connectivity index (χ0) is 26.3. The summed E-state index contributed by atoms with van der Waals surface area (Å²) in [6.45, 7) is 12.2. The number of carbonyl (C=O) groups excluding carboxylic acids is 1. The van der Waals surface area contributed by atoms with Gasteiger partial charge in [-0.3, -0.25) is 9.78 Å². The normalized spacial score (nSPS) is 15.3. The summed E-state index contributed by atoms with van der Waals surface area (Å²) in [5.74, 6) is 1.30. The number of halogens is 1. The summed E-state index contributed by atoms with van der Waals surface area (Å²) >= 11 is 0. The van der Waals surface area contributed by atoms with Crippen molar-refractivity contribution in [2.75, 3.05) is 36.4 Å². The van der Waals surface area contributed by atoms with Crippen LogP contribution < -0.4 is 10.2 Å². The van der Waals surface area contributed by atoms with Gasteiger partial charge < -0.3 is 15.1 Å². The molecule has 0 unspecified atom stereocenters. The molecule has 1 amide bonds. The van der Waals surface area contributed by atoms with Crippen LogP contribution in [0.4, 0.5) is 16.0 Å². The van der Waals surface area contributed by atoms with Gasteiger partial charge in [0.2, 0.25) is 5.91 Å². The molecule has 0 spiro atoms. The average molecular weight is 502 g/mol. The summed E-state index contributed by atoms with van der Waals surface area (Å²) < 4.78 is 14.4. The van der Waals surface area contributed by atoms with E-state index in [9.17, 15) is 9.18 Å². The van der Waals surface area contributed by atoms with Crippen LogP contribution in [0.25, 0.3) is 21.9 Å². The number of anilines is 2. The number of fused-ring (bicyclic) bond motifs is 2. The molecule has 1 N–H and O–H groups in total. The number of hydrogen-bond acceptors (Lipinski definition) is 7. The number of pyridine rings is 2. The highest BCUT2D eigenvalue weighted by Gasteiger charge is 2.31. The van der Waals surface area contributed by atoms with Gasteiger partial charge in [0.05, 0.1) is 17.1 Å². The monoisotopic (exact) mass is 501 g/mol. The molecular formula is C28H32FN7O. The zero-order valence-corrected chi connectivity index (χ0v) is 21.9. The van der Waals surface area contributed by atoms with Crippen LogP contribution in [0.15, 0.2) is 42.9 Å². The van der Waals surface area contributed by atoms with Crippen molar-refractivity contribution >= 4 is 39.5 Å². The number of hydrogen-bond donors (Lipinski definition) is 1. The van der Waals surface area contributed by atoms with Crippen molar-refractivity contribution < 1.29 is 9.18 Å². The van der Waals surface area contributed by atoms with E-state index >= 15 is 0 Å². The summed E-state index contributed by atoms with van der Waals surface area (Å²) in [4.78, 5) is 35.2. The Labute approximate surface area is 216 Å². The Hall–Kier alpha value is -3.88. The predicted molar refractivity (Wildman–Crippen MR) is 144 cm³/mol. The quantitative estimate of drug-likeness (QED) is 0.426. The minimum atomic E-state index is -0.421. The molecule has 1 aromatic carbocycles. The summed E-state index contributed by atoms with van der Waals surface area (Å²) in [6, 6.07) is 8.90. The molecule has 1 aliphatic heterocycles. The lowest BCUT2D eigenvalue weighted by molar-refractivity contribution is -0.139. The number of nitrogens with one attached hydrogen (secondary N) is 1. The number of benzene rings is 1. The van der Waals surface area contributed by atoms with Gasteiger partial charge in [-0.15, -0.1) is 0 Å². The lowest BCUT2D eigenvalue weighted by Gasteiger charge is -2.39. The highest BCUT2D eigenvalue weighted by molar-refractivity contribution is 5.87. The molecular weight excluding hydrogens is 469 g/mol. The Morgan fingerprint density at radius 3 is 2.54 bits per heavy atom. The van der Waals surface area contributed by atoms with Crippen molar-refractivity contribution in [1.82, 2.24) is 24.8 Å². The minimum Gasteiger partial charge on any atom is -0.361 e. The molecule has 1 aliphatic rings. The maximum Gasteiger partial charge on any atom is 0.228 e. The Kier molecular flexibility index (Phi) is 6.39. The molecule has 9 heteroatoms. The molecule has 0 saturated carbocycles. The Morgan fingerprint density at radius 2 is 1.81 bits per heavy atom. The topological polar surface area (TPSA) is 87.1 Å². The molecule has 1 saturated heterocycles. The summed E-state index contributed by atoms with van der Waals surface area (Å²) in [6.07, 6.45) is 3.25. The minimum absolute atomic E-state index is 0.148. The fourth-order valence-electron chi connectivity index (χ4n) is 4.81. The van der Waals surface area contributed by atoms with Gasteiger partial charge in [0.1, 0.15) is 23.5 Å². The molecule has 3 aromatic heterocycles. The first kappa shape index (κ1) is 24.8. The van der Waals surface area contributed by atoms with Crippen LogP contribution in [0, 0.1) is 18.2 Å². The van der Waals surface area contributed by atoms with Crippen molar-refractivity contribution in [3.63, 3.8) is 0 Å². The molecule has 4 heterocycles. The van der Waals surface area contributed by atoms with E-state index in [0.29, 0.717) is 48.6 Å². The van der Waals surface area contributed by atoms with Gasteiger partial charge >= 0.3 is 0 Å². The molecule has 0 aliphatic carbocycles. The molecule has 192 valence electrons. The number of amides is 1. The zero-order valence-electron chi connectivity index (χ0n) is 21.9. The van der Waals surface area contributed by atoms with Gasteiger partial charge in [0.25, 0.3) is 0 Å². The third-order valence-electron chi connectivity index (χ3n) is 6.91. The van der Waals surface area contributed by atoms with Gasteiger partial charge in [-0.25, -0.2) is 19.3 Å². The number of aryl methyl sites for hydroxylation is 1. The van der Waals surface area contributed by atoms with Crippen molar-refractivity contribution in [2.24, 2.45) is 5.41 Å². The average Bonchev–Trinajstić information content (AvgIpc) is 2.89. The standard InChI is InChI=1S/C28H32FN7O/c1-17-21(29)9-8-19-15-20(18(2)33-25-24-22(31-16-32-25)7-6-10-30-24)26(34-23(17)19)35-11-13-36(14-12-35)27(37)28(3,4)5/h6-10,15-16,18H,11-14H2,1-5H3,(H,31,32,33)/t18-/m0/s1. The van der Waals surface area contributed by atoms with Crippen LogP contribution in [0.2, 0.25) is 0 Å². The number of aromatic nitrogens is 4. The van der Waals surface area contributed by atoms with Gasteiger partial charge in [-0.05, 0) is 44.2 Å². The first-order valence-corrected chi connectivity index (χ1v) is 12.6. The van der Waals surface area contributed by atoms with Crippen LogP contribution in [-0.4, -0.2) is 56.9 Å². The number of rotatable bonds is 4. The van der Waals surface area contributed by atoms with Gasteiger partial charge in [0.15, 0.2) is 5.82 Å².